The van der Waals surface area contributed by atoms with Crippen molar-refractivity contribution in [2.24, 2.45) is 5.41 Å². The van der Waals surface area contributed by atoms with Crippen molar-refractivity contribution in [1.29, 1.82) is 0 Å². The molecule has 34 heavy (non-hydrogen) atoms. The van der Waals surface area contributed by atoms with Gasteiger partial charge in [-0.3, -0.25) is 14.9 Å². The molecule has 1 N–H and O–H groups in total. The zero-order valence-corrected chi connectivity index (χ0v) is 21.1. The van der Waals surface area contributed by atoms with Gasteiger partial charge in [0.05, 0.1) is 42.8 Å². The summed E-state index contributed by atoms with van der Waals surface area (Å²) in [4.78, 5) is 35.3. The Labute approximate surface area is 207 Å². The summed E-state index contributed by atoms with van der Waals surface area (Å²) >= 11 is 12.5. The Kier molecular flexibility index (Phi) is 4.82. The molecule has 2 bridgehead atoms. The number of aryl methyl sites for hydroxylation is 2. The van der Waals surface area contributed by atoms with Gasteiger partial charge in [0.1, 0.15) is 5.69 Å². The molecule has 5 rings (SSSR count). The Bertz CT molecular complexity index is 1440. The minimum Gasteiger partial charge on any atom is -0.319 e. The van der Waals surface area contributed by atoms with E-state index >= 15 is 0 Å². The molecule has 0 radical (unpaired) electrons. The van der Waals surface area contributed by atoms with Gasteiger partial charge in [-0.15, -0.1) is 0 Å². The molecule has 2 aromatic carbocycles. The number of benzene rings is 2. The van der Waals surface area contributed by atoms with Crippen molar-refractivity contribution in [1.82, 2.24) is 9.97 Å². The Morgan fingerprint density at radius 2 is 1.59 bits per heavy atom. The van der Waals surface area contributed by atoms with E-state index in [4.69, 9.17) is 33.2 Å². The molecule has 9 heteroatoms. The smallest absolute Gasteiger partial charge is 0.293 e. The number of nitrogens with zero attached hydrogens (tertiary/aromatic N) is 3. The first kappa shape index (κ1) is 23.0. The summed E-state index contributed by atoms with van der Waals surface area (Å²) in [5.41, 5.74) is 2.13. The van der Waals surface area contributed by atoms with Crippen LogP contribution < -0.4 is 5.32 Å². The summed E-state index contributed by atoms with van der Waals surface area (Å²) in [5.74, 6) is -0.302. The molecule has 2 atom stereocenters. The number of carbonyl (C=O) groups excluding carboxylic acids is 1. The second kappa shape index (κ2) is 7.12. The van der Waals surface area contributed by atoms with Gasteiger partial charge in [0.25, 0.3) is 5.69 Å². The van der Waals surface area contributed by atoms with Crippen LogP contribution in [0.25, 0.3) is 11.0 Å². The van der Waals surface area contributed by atoms with E-state index in [1.807, 2.05) is 6.07 Å². The Morgan fingerprint density at radius 1 is 1.00 bits per heavy atom. The highest BCUT2D eigenvalue weighted by Crippen LogP contribution is 2.70. The average Bonchev–Trinajstić information content (AvgIpc) is 3.04. The molecular formula is C25H24Cl2N4O3. The summed E-state index contributed by atoms with van der Waals surface area (Å²) in [6.07, 6.45) is 1.31. The van der Waals surface area contributed by atoms with E-state index in [9.17, 15) is 14.9 Å². The highest BCUT2D eigenvalue weighted by atomic mass is 35.5. The van der Waals surface area contributed by atoms with E-state index in [0.29, 0.717) is 38.8 Å². The molecule has 2 unspecified atom stereocenters. The van der Waals surface area contributed by atoms with Crippen LogP contribution in [-0.2, 0) is 15.6 Å². The molecule has 176 valence electrons. The highest BCUT2D eigenvalue weighted by Gasteiger charge is 2.73. The fourth-order valence-electron chi connectivity index (χ4n) is 6.07. The zero-order chi connectivity index (χ0) is 24.8. The van der Waals surface area contributed by atoms with Crippen molar-refractivity contribution < 1.29 is 9.72 Å². The Balaban J connectivity index is 1.71. The predicted molar refractivity (Wildman–Crippen MR) is 133 cm³/mol. The fraction of sp³-hybridized carbons (Fsp3) is 0.400. The molecule has 7 nitrogen and oxygen atoms in total. The van der Waals surface area contributed by atoms with Crippen LogP contribution in [0.3, 0.4) is 0 Å². The van der Waals surface area contributed by atoms with Crippen molar-refractivity contribution in [2.75, 3.05) is 5.32 Å². The third-order valence-corrected chi connectivity index (χ3v) is 9.08. The van der Waals surface area contributed by atoms with E-state index < -0.39 is 21.2 Å². The summed E-state index contributed by atoms with van der Waals surface area (Å²) in [7, 11) is 0. The fourth-order valence-corrected chi connectivity index (χ4v) is 6.39. The van der Waals surface area contributed by atoms with Crippen molar-refractivity contribution in [3.63, 3.8) is 0 Å². The van der Waals surface area contributed by atoms with E-state index in [0.717, 1.165) is 17.7 Å². The lowest BCUT2D eigenvalue weighted by atomic mass is 9.63. The molecule has 1 fully saturated rings. The number of halogens is 2. The van der Waals surface area contributed by atoms with Crippen LogP contribution in [0.5, 0.6) is 0 Å². The lowest BCUT2D eigenvalue weighted by Gasteiger charge is -2.39. The van der Waals surface area contributed by atoms with Gasteiger partial charge in [-0.25, -0.2) is 9.97 Å². The Morgan fingerprint density at radius 3 is 2.18 bits per heavy atom. The molecule has 1 aromatic heterocycles. The molecule has 0 aliphatic heterocycles. The zero-order valence-electron chi connectivity index (χ0n) is 19.5. The normalized spacial score (nSPS) is 24.3. The van der Waals surface area contributed by atoms with Gasteiger partial charge in [0.2, 0.25) is 5.91 Å². The lowest BCUT2D eigenvalue weighted by Crippen LogP contribution is -2.48. The van der Waals surface area contributed by atoms with Crippen molar-refractivity contribution in [2.45, 2.75) is 58.3 Å². The van der Waals surface area contributed by atoms with Crippen LogP contribution in [-0.4, -0.2) is 20.8 Å². The number of hydrogen-bond donors (Lipinski definition) is 1. The molecule has 1 saturated carbocycles. The third kappa shape index (κ3) is 2.74. The number of hydrogen-bond acceptors (Lipinski definition) is 5. The first-order chi connectivity index (χ1) is 15.8. The largest absolute Gasteiger partial charge is 0.319 e. The quantitative estimate of drug-likeness (QED) is 0.331. The molecule has 0 saturated heterocycles. The van der Waals surface area contributed by atoms with E-state index in [1.165, 1.54) is 6.07 Å². The van der Waals surface area contributed by atoms with E-state index in [1.54, 1.807) is 26.0 Å². The first-order valence-corrected chi connectivity index (χ1v) is 11.8. The van der Waals surface area contributed by atoms with Gasteiger partial charge in [-0.05, 0) is 55.4 Å². The number of aromatic nitrogens is 2. The van der Waals surface area contributed by atoms with Crippen molar-refractivity contribution >= 4 is 51.5 Å². The maximum Gasteiger partial charge on any atom is 0.293 e. The van der Waals surface area contributed by atoms with Gasteiger partial charge in [-0.2, -0.15) is 0 Å². The molecular weight excluding hydrogens is 475 g/mol. The topological polar surface area (TPSA) is 98.0 Å². The number of amides is 1. The SMILES string of the molecule is Cc1cc(C)c(NC(=O)C23CCC(C)(c4nc5cc(Cl)c(Cl)cc5nc42)C3(C)C)c([N+](=O)[O-])c1. The predicted octanol–water partition coefficient (Wildman–Crippen LogP) is 6.43. The lowest BCUT2D eigenvalue weighted by molar-refractivity contribution is -0.384. The first-order valence-electron chi connectivity index (χ1n) is 11.1. The van der Waals surface area contributed by atoms with Crippen LogP contribution in [0.15, 0.2) is 24.3 Å². The van der Waals surface area contributed by atoms with Crippen LogP contribution in [0.1, 0.15) is 56.1 Å². The van der Waals surface area contributed by atoms with Crippen LogP contribution in [0.2, 0.25) is 10.0 Å². The third-order valence-electron chi connectivity index (χ3n) is 8.36. The summed E-state index contributed by atoms with van der Waals surface area (Å²) in [6, 6.07) is 6.66. The summed E-state index contributed by atoms with van der Waals surface area (Å²) < 4.78 is 0. The standard InChI is InChI=1S/C25H24Cl2N4O3/c1-12-8-13(2)19(18(9-12)31(33)34)30-22(32)25-7-6-24(5,23(25,3)4)20-21(25)29-17-11-15(27)14(26)10-16(17)28-20/h8-11H,6-7H2,1-5H3,(H,30,32). The number of anilines is 1. The molecule has 1 amide bonds. The van der Waals surface area contributed by atoms with E-state index in [-0.39, 0.29) is 17.3 Å². The summed E-state index contributed by atoms with van der Waals surface area (Å²) in [6.45, 7) is 9.79. The maximum atomic E-state index is 14.1. The second-order valence-corrected chi connectivity index (χ2v) is 11.0. The molecule has 2 aliphatic carbocycles. The highest BCUT2D eigenvalue weighted by molar-refractivity contribution is 6.42. The van der Waals surface area contributed by atoms with Gasteiger partial charge < -0.3 is 5.32 Å². The van der Waals surface area contributed by atoms with Gasteiger partial charge in [-0.1, -0.05) is 50.0 Å². The molecule has 3 aromatic rings. The van der Waals surface area contributed by atoms with Gasteiger partial charge in [0, 0.05) is 11.5 Å². The number of nitrogens with one attached hydrogen (secondary N) is 1. The minimum absolute atomic E-state index is 0.120. The molecule has 2 aliphatic rings. The van der Waals surface area contributed by atoms with Crippen LogP contribution in [0, 0.1) is 29.4 Å². The van der Waals surface area contributed by atoms with Gasteiger partial charge in [0.15, 0.2) is 0 Å². The maximum absolute atomic E-state index is 14.1. The number of rotatable bonds is 3. The van der Waals surface area contributed by atoms with Crippen LogP contribution in [0.4, 0.5) is 11.4 Å². The second-order valence-electron chi connectivity index (χ2n) is 10.2. The van der Waals surface area contributed by atoms with Crippen molar-refractivity contribution in [3.05, 3.63) is 66.9 Å². The number of nitro groups is 1. The summed E-state index contributed by atoms with van der Waals surface area (Å²) in [5, 5.41) is 15.5. The van der Waals surface area contributed by atoms with Gasteiger partial charge >= 0.3 is 0 Å². The minimum atomic E-state index is -1.00. The number of carbonyl (C=O) groups is 1. The number of fused-ring (bicyclic) bond motifs is 6. The Hall–Kier alpha value is -2.77. The van der Waals surface area contributed by atoms with Crippen LogP contribution >= 0.6 is 23.2 Å². The van der Waals surface area contributed by atoms with Crippen molar-refractivity contribution in [3.8, 4) is 0 Å². The molecule has 1 heterocycles. The monoisotopic (exact) mass is 498 g/mol. The van der Waals surface area contributed by atoms with E-state index in [2.05, 4.69) is 26.1 Å². The molecule has 0 spiro atoms. The number of nitro benzene ring substituents is 1. The average molecular weight is 499 g/mol.